The van der Waals surface area contributed by atoms with Crippen LogP contribution in [0, 0.1) is 0 Å². The Morgan fingerprint density at radius 3 is 2.76 bits per heavy atom. The van der Waals surface area contributed by atoms with E-state index in [1.165, 1.54) is 5.56 Å². The topological polar surface area (TPSA) is 119 Å². The van der Waals surface area contributed by atoms with Gasteiger partial charge in [-0.25, -0.2) is 15.0 Å². The molecule has 1 aromatic carbocycles. The second kappa shape index (κ2) is 10.1. The van der Waals surface area contributed by atoms with Gasteiger partial charge < -0.3 is 11.1 Å². The van der Waals surface area contributed by atoms with E-state index in [1.54, 1.807) is 36.7 Å². The van der Waals surface area contributed by atoms with Crippen LogP contribution in [0.4, 0.5) is 11.6 Å². The van der Waals surface area contributed by atoms with Crippen LogP contribution in [0.1, 0.15) is 40.5 Å². The van der Waals surface area contributed by atoms with Crippen molar-refractivity contribution >= 4 is 23.1 Å². The normalized spacial score (nSPS) is 16.1. The highest BCUT2D eigenvalue weighted by Gasteiger charge is 2.27. The summed E-state index contributed by atoms with van der Waals surface area (Å²) in [7, 11) is 1.94. The van der Waals surface area contributed by atoms with Crippen LogP contribution in [0.5, 0.6) is 0 Å². The van der Waals surface area contributed by atoms with E-state index in [0.717, 1.165) is 55.1 Å². The van der Waals surface area contributed by atoms with Crippen molar-refractivity contribution in [3.05, 3.63) is 90.4 Å². The zero-order valence-electron chi connectivity index (χ0n) is 21.2. The van der Waals surface area contributed by atoms with Gasteiger partial charge in [-0.15, -0.1) is 0 Å². The van der Waals surface area contributed by atoms with Crippen LogP contribution in [0.15, 0.2) is 73.4 Å². The molecule has 10 heteroatoms. The van der Waals surface area contributed by atoms with E-state index in [4.69, 9.17) is 10.7 Å². The lowest BCUT2D eigenvalue weighted by atomic mass is 9.97. The molecule has 0 radical (unpaired) electrons. The molecule has 0 spiro atoms. The van der Waals surface area contributed by atoms with Gasteiger partial charge >= 0.3 is 0 Å². The number of anilines is 2. The summed E-state index contributed by atoms with van der Waals surface area (Å²) in [5, 5.41) is 7.13. The van der Waals surface area contributed by atoms with Crippen LogP contribution >= 0.6 is 0 Å². The van der Waals surface area contributed by atoms with E-state index in [9.17, 15) is 4.79 Å². The summed E-state index contributed by atoms with van der Waals surface area (Å²) < 4.78 is 3.92. The predicted octanol–water partition coefficient (Wildman–Crippen LogP) is 3.74. The van der Waals surface area contributed by atoms with Gasteiger partial charge in [0.15, 0.2) is 0 Å². The lowest BCUT2D eigenvalue weighted by Crippen LogP contribution is -2.34. The number of nitrogens with one attached hydrogen (secondary N) is 1. The Hall–Kier alpha value is -4.57. The lowest BCUT2D eigenvalue weighted by Gasteiger charge is -2.31. The molecule has 192 valence electrons. The van der Waals surface area contributed by atoms with Gasteiger partial charge in [-0.3, -0.25) is 18.8 Å². The third-order valence-electron chi connectivity index (χ3n) is 6.97. The van der Waals surface area contributed by atoms with Gasteiger partial charge in [0.25, 0.3) is 5.91 Å². The monoisotopic (exact) mass is 507 g/mol. The molecule has 3 N–H and O–H groups in total. The lowest BCUT2D eigenvalue weighted by molar-refractivity contribution is 0.102. The molecule has 4 aromatic heterocycles. The summed E-state index contributed by atoms with van der Waals surface area (Å²) >= 11 is 0. The summed E-state index contributed by atoms with van der Waals surface area (Å²) in [6.45, 7) is 2.82. The van der Waals surface area contributed by atoms with Crippen LogP contribution in [0.25, 0.3) is 16.8 Å². The van der Waals surface area contributed by atoms with Gasteiger partial charge in [0.2, 0.25) is 0 Å². The predicted molar refractivity (Wildman–Crippen MR) is 145 cm³/mol. The fraction of sp³-hybridized carbons (Fsp3) is 0.250. The molecule has 6 rings (SSSR count). The quantitative estimate of drug-likeness (QED) is 0.359. The zero-order chi connectivity index (χ0) is 26.1. The number of amides is 1. The molecule has 1 unspecified atom stereocenters. The highest BCUT2D eigenvalue weighted by Crippen LogP contribution is 2.34. The number of nitrogens with two attached hydrogens (primary N) is 1. The van der Waals surface area contributed by atoms with Gasteiger partial charge in [0, 0.05) is 67.5 Å². The van der Waals surface area contributed by atoms with E-state index in [1.807, 2.05) is 42.3 Å². The molecule has 1 amide bonds. The molecule has 0 bridgehead atoms. The number of rotatable bonds is 6. The molecule has 0 saturated carbocycles. The number of nitrogen functional groups attached to an aromatic ring is 1. The van der Waals surface area contributed by atoms with E-state index >= 15 is 0 Å². The van der Waals surface area contributed by atoms with E-state index in [2.05, 4.69) is 35.9 Å². The molecular weight excluding hydrogens is 478 g/mol. The smallest absolute Gasteiger partial charge is 0.256 e. The summed E-state index contributed by atoms with van der Waals surface area (Å²) in [4.78, 5) is 28.8. The van der Waals surface area contributed by atoms with Gasteiger partial charge in [0.1, 0.15) is 28.7 Å². The minimum absolute atomic E-state index is 0.220. The number of carbonyl (C=O) groups excluding carboxylic acids is 1. The van der Waals surface area contributed by atoms with Crippen LogP contribution in [-0.2, 0) is 13.6 Å². The highest BCUT2D eigenvalue weighted by atomic mass is 16.1. The minimum Gasteiger partial charge on any atom is -0.382 e. The summed E-state index contributed by atoms with van der Waals surface area (Å²) in [6, 6.07) is 12.8. The highest BCUT2D eigenvalue weighted by molar-refractivity contribution is 6.04. The first-order valence-electron chi connectivity index (χ1n) is 12.7. The molecule has 5 heterocycles. The fourth-order valence-corrected chi connectivity index (χ4v) is 5.20. The zero-order valence-corrected chi connectivity index (χ0v) is 21.2. The molecule has 1 saturated heterocycles. The Labute approximate surface area is 220 Å². The number of fused-ring (bicyclic) bond motifs is 1. The standard InChI is InChI=1S/C28H29N9O/c1-35-16-19(15-32-35)17-36-13-4-5-22(18-36)27-34-24(25-26(29)31-12-14-37(25)27)20-7-9-21(10-8-20)28(38)33-23-6-2-3-11-30-23/h2-3,6-12,14-16,22H,4-5,13,17-18H2,1H3,(H2,29,31)(H,30,33,38). The number of benzene rings is 1. The average Bonchev–Trinajstić information content (AvgIpc) is 3.53. The fourth-order valence-electron chi connectivity index (χ4n) is 5.20. The SMILES string of the molecule is Cn1cc(CN2CCCC(c3nc(-c4ccc(C(=O)Nc5ccccn5)cc4)c4c(N)nccn34)C2)cn1. The molecule has 1 fully saturated rings. The van der Waals surface area contributed by atoms with Crippen molar-refractivity contribution in [1.29, 1.82) is 0 Å². The number of nitrogens with zero attached hydrogens (tertiary/aromatic N) is 7. The van der Waals surface area contributed by atoms with Crippen molar-refractivity contribution in [2.45, 2.75) is 25.3 Å². The molecule has 38 heavy (non-hydrogen) atoms. The van der Waals surface area contributed by atoms with Gasteiger partial charge in [0.05, 0.1) is 6.20 Å². The van der Waals surface area contributed by atoms with Crippen molar-refractivity contribution < 1.29 is 4.79 Å². The largest absolute Gasteiger partial charge is 0.382 e. The van der Waals surface area contributed by atoms with E-state index in [0.29, 0.717) is 17.2 Å². The average molecular weight is 508 g/mol. The number of piperidine rings is 1. The van der Waals surface area contributed by atoms with Gasteiger partial charge in [-0.1, -0.05) is 18.2 Å². The number of imidazole rings is 1. The van der Waals surface area contributed by atoms with Crippen molar-refractivity contribution in [1.82, 2.24) is 34.0 Å². The second-order valence-electron chi connectivity index (χ2n) is 9.69. The third-order valence-corrected chi connectivity index (χ3v) is 6.97. The van der Waals surface area contributed by atoms with Crippen molar-refractivity contribution in [2.75, 3.05) is 24.1 Å². The number of likely N-dealkylation sites (tertiary alicyclic amines) is 1. The first-order valence-corrected chi connectivity index (χ1v) is 12.7. The van der Waals surface area contributed by atoms with Crippen LogP contribution in [-0.4, -0.2) is 53.0 Å². The van der Waals surface area contributed by atoms with Crippen molar-refractivity contribution in [2.24, 2.45) is 7.05 Å². The molecule has 10 nitrogen and oxygen atoms in total. The second-order valence-corrected chi connectivity index (χ2v) is 9.69. The first kappa shape index (κ1) is 23.8. The first-order chi connectivity index (χ1) is 18.5. The number of hydrogen-bond donors (Lipinski definition) is 2. The number of aryl methyl sites for hydroxylation is 1. The number of pyridine rings is 1. The Morgan fingerprint density at radius 2 is 2.00 bits per heavy atom. The summed E-state index contributed by atoms with van der Waals surface area (Å²) in [5.41, 5.74) is 10.6. The minimum atomic E-state index is -0.220. The maximum absolute atomic E-state index is 12.7. The summed E-state index contributed by atoms with van der Waals surface area (Å²) in [6.07, 6.45) is 11.4. The molecule has 0 aliphatic carbocycles. The van der Waals surface area contributed by atoms with Crippen molar-refractivity contribution in [3.63, 3.8) is 0 Å². The molecular formula is C28H29N9O. The number of aromatic nitrogens is 6. The van der Waals surface area contributed by atoms with Crippen LogP contribution in [0.2, 0.25) is 0 Å². The summed E-state index contributed by atoms with van der Waals surface area (Å²) in [5.74, 6) is 1.96. The van der Waals surface area contributed by atoms with E-state index in [-0.39, 0.29) is 11.8 Å². The van der Waals surface area contributed by atoms with Crippen molar-refractivity contribution in [3.8, 4) is 11.3 Å². The van der Waals surface area contributed by atoms with Gasteiger partial charge in [-0.05, 0) is 43.7 Å². The molecule has 1 aliphatic heterocycles. The van der Waals surface area contributed by atoms with Gasteiger partial charge in [-0.2, -0.15) is 5.10 Å². The number of carbonyl (C=O) groups is 1. The van der Waals surface area contributed by atoms with Crippen LogP contribution in [0.3, 0.4) is 0 Å². The van der Waals surface area contributed by atoms with Crippen LogP contribution < -0.4 is 11.1 Å². The third kappa shape index (κ3) is 4.73. The Morgan fingerprint density at radius 1 is 1.13 bits per heavy atom. The molecule has 1 aliphatic rings. The Bertz CT molecular complexity index is 1570. The maximum Gasteiger partial charge on any atom is 0.256 e. The Balaban J connectivity index is 1.28. The number of hydrogen-bond acceptors (Lipinski definition) is 7. The molecule has 1 atom stereocenters. The maximum atomic E-state index is 12.7. The van der Waals surface area contributed by atoms with E-state index < -0.39 is 0 Å². The Kier molecular flexibility index (Phi) is 6.30. The molecule has 5 aromatic rings.